The maximum atomic E-state index is 12.5. The van der Waals surface area contributed by atoms with Crippen molar-refractivity contribution in [3.8, 4) is 0 Å². The topological polar surface area (TPSA) is 48.5 Å². The van der Waals surface area contributed by atoms with Crippen LogP contribution in [-0.2, 0) is 0 Å². The summed E-state index contributed by atoms with van der Waals surface area (Å²) in [4.78, 5) is 21.6. The number of carbonyl (C=O) groups is 1. The molecule has 152 valence electrons. The molecule has 2 heterocycles. The Kier molecular flexibility index (Phi) is 6.45. The van der Waals surface area contributed by atoms with E-state index in [9.17, 15) is 4.79 Å². The minimum absolute atomic E-state index is 0.0776. The number of amides is 1. The van der Waals surface area contributed by atoms with Crippen LogP contribution in [0.4, 0.5) is 11.4 Å². The van der Waals surface area contributed by atoms with Gasteiger partial charge in [0.05, 0.1) is 0 Å². The van der Waals surface area contributed by atoms with Gasteiger partial charge < -0.3 is 15.1 Å². The van der Waals surface area contributed by atoms with Gasteiger partial charge in [0.25, 0.3) is 5.91 Å². The summed E-state index contributed by atoms with van der Waals surface area (Å²) < 4.78 is 0. The summed E-state index contributed by atoms with van der Waals surface area (Å²) in [6, 6.07) is 14.5. The second kappa shape index (κ2) is 9.59. The fourth-order valence-electron chi connectivity index (χ4n) is 4.16. The molecule has 0 bridgehead atoms. The molecule has 0 atom stereocenters. The van der Waals surface area contributed by atoms with E-state index in [-0.39, 0.29) is 5.91 Å². The number of rotatable bonds is 6. The highest BCUT2D eigenvalue weighted by Gasteiger charge is 2.18. The molecule has 5 nitrogen and oxygen atoms in total. The van der Waals surface area contributed by atoms with Crippen LogP contribution in [0.5, 0.6) is 0 Å². The van der Waals surface area contributed by atoms with E-state index in [0.29, 0.717) is 12.2 Å². The number of nitrogens with one attached hydrogen (secondary N) is 1. The minimum atomic E-state index is -0.0776. The van der Waals surface area contributed by atoms with Crippen LogP contribution >= 0.6 is 0 Å². The number of anilines is 2. The first-order valence-corrected chi connectivity index (χ1v) is 10.8. The van der Waals surface area contributed by atoms with Gasteiger partial charge in [0.15, 0.2) is 0 Å². The quantitative estimate of drug-likeness (QED) is 0.757. The van der Waals surface area contributed by atoms with E-state index in [2.05, 4.69) is 56.5 Å². The molecule has 1 aliphatic carbocycles. The van der Waals surface area contributed by atoms with Gasteiger partial charge in [0.2, 0.25) is 0 Å². The maximum Gasteiger partial charge on any atom is 0.269 e. The first-order valence-electron chi connectivity index (χ1n) is 10.8. The molecule has 4 rings (SSSR count). The van der Waals surface area contributed by atoms with Crippen LogP contribution in [0, 0.1) is 0 Å². The van der Waals surface area contributed by atoms with Crippen molar-refractivity contribution in [2.45, 2.75) is 32.1 Å². The summed E-state index contributed by atoms with van der Waals surface area (Å²) in [7, 11) is 0. The molecular weight excluding hydrogens is 360 g/mol. The number of benzene rings is 1. The summed E-state index contributed by atoms with van der Waals surface area (Å²) in [5.41, 5.74) is 4.34. The van der Waals surface area contributed by atoms with E-state index in [1.54, 1.807) is 6.20 Å². The Morgan fingerprint density at radius 1 is 0.966 bits per heavy atom. The molecule has 1 aliphatic heterocycles. The Morgan fingerprint density at radius 2 is 1.72 bits per heavy atom. The normalized spacial score (nSPS) is 17.0. The number of para-hydroxylation sites is 1. The van der Waals surface area contributed by atoms with Crippen molar-refractivity contribution in [3.63, 3.8) is 0 Å². The van der Waals surface area contributed by atoms with Gasteiger partial charge in [0, 0.05) is 50.3 Å². The number of allylic oxidation sites excluding steroid dienone is 1. The highest BCUT2D eigenvalue weighted by Crippen LogP contribution is 2.21. The molecule has 0 saturated carbocycles. The number of pyridine rings is 1. The van der Waals surface area contributed by atoms with Crippen molar-refractivity contribution in [2.24, 2.45) is 0 Å². The lowest BCUT2D eigenvalue weighted by Crippen LogP contribution is -2.46. The average Bonchev–Trinajstić information content (AvgIpc) is 2.80. The monoisotopic (exact) mass is 390 g/mol. The predicted octanol–water partition coefficient (Wildman–Crippen LogP) is 4.03. The summed E-state index contributed by atoms with van der Waals surface area (Å²) in [5.74, 6) is -0.0776. The molecule has 0 radical (unpaired) electrons. The predicted molar refractivity (Wildman–Crippen MR) is 119 cm³/mol. The van der Waals surface area contributed by atoms with Crippen LogP contribution in [-0.4, -0.2) is 43.6 Å². The number of hydrogen-bond acceptors (Lipinski definition) is 4. The van der Waals surface area contributed by atoms with E-state index >= 15 is 0 Å². The molecule has 1 N–H and O–H groups in total. The standard InChI is InChI=1S/C24H30N4O/c29-24(26-13-11-20-7-3-1-4-8-20)23-19-22(12-14-25-23)28-17-15-27(16-18-28)21-9-5-2-6-10-21/h2,5-7,9-10,12,14,19H,1,3-4,8,11,13,15-18H2,(H,26,29). The zero-order valence-electron chi connectivity index (χ0n) is 17.0. The summed E-state index contributed by atoms with van der Waals surface area (Å²) in [6.07, 6.45) is 9.98. The molecular formula is C24H30N4O. The second-order valence-corrected chi connectivity index (χ2v) is 7.82. The zero-order chi connectivity index (χ0) is 19.9. The first kappa shape index (κ1) is 19.5. The highest BCUT2D eigenvalue weighted by atomic mass is 16.1. The third-order valence-corrected chi connectivity index (χ3v) is 5.86. The van der Waals surface area contributed by atoms with Crippen molar-refractivity contribution in [3.05, 3.63) is 66.0 Å². The molecule has 0 unspecified atom stereocenters. The molecule has 1 fully saturated rings. The van der Waals surface area contributed by atoms with Gasteiger partial charge in [0.1, 0.15) is 5.69 Å². The van der Waals surface area contributed by atoms with E-state index in [4.69, 9.17) is 0 Å². The van der Waals surface area contributed by atoms with E-state index in [1.165, 1.54) is 36.9 Å². The van der Waals surface area contributed by atoms with Gasteiger partial charge in [-0.05, 0) is 56.4 Å². The molecule has 1 aromatic heterocycles. The van der Waals surface area contributed by atoms with Gasteiger partial charge in [-0.15, -0.1) is 0 Å². The summed E-state index contributed by atoms with van der Waals surface area (Å²) >= 11 is 0. The average molecular weight is 391 g/mol. The van der Waals surface area contributed by atoms with E-state index < -0.39 is 0 Å². The van der Waals surface area contributed by atoms with Crippen molar-refractivity contribution in [1.82, 2.24) is 10.3 Å². The van der Waals surface area contributed by atoms with Crippen LogP contribution in [0.25, 0.3) is 0 Å². The SMILES string of the molecule is O=C(NCCC1=CCCCC1)c1cc(N2CCN(c3ccccc3)CC2)ccn1. The Morgan fingerprint density at radius 3 is 2.45 bits per heavy atom. The Hall–Kier alpha value is -2.82. The van der Waals surface area contributed by atoms with E-state index in [1.807, 2.05) is 12.1 Å². The number of nitrogens with zero attached hydrogens (tertiary/aromatic N) is 3. The Balaban J connectivity index is 1.30. The lowest BCUT2D eigenvalue weighted by atomic mass is 9.97. The molecule has 5 heteroatoms. The van der Waals surface area contributed by atoms with Gasteiger partial charge >= 0.3 is 0 Å². The highest BCUT2D eigenvalue weighted by molar-refractivity contribution is 5.93. The van der Waals surface area contributed by atoms with Crippen molar-refractivity contribution in [2.75, 3.05) is 42.5 Å². The Bertz CT molecular complexity index is 841. The van der Waals surface area contributed by atoms with Gasteiger partial charge in [-0.2, -0.15) is 0 Å². The smallest absolute Gasteiger partial charge is 0.269 e. The molecule has 2 aliphatic rings. The van der Waals surface area contributed by atoms with Gasteiger partial charge in [-0.25, -0.2) is 0 Å². The molecule has 0 spiro atoms. The largest absolute Gasteiger partial charge is 0.368 e. The number of piperazine rings is 1. The molecule has 1 aromatic carbocycles. The van der Waals surface area contributed by atoms with Gasteiger partial charge in [-0.3, -0.25) is 9.78 Å². The third-order valence-electron chi connectivity index (χ3n) is 5.86. The molecule has 1 saturated heterocycles. The van der Waals surface area contributed by atoms with Crippen molar-refractivity contribution < 1.29 is 4.79 Å². The fraction of sp³-hybridized carbons (Fsp3) is 0.417. The third kappa shape index (κ3) is 5.17. The lowest BCUT2D eigenvalue weighted by molar-refractivity contribution is 0.0949. The molecule has 1 amide bonds. The maximum absolute atomic E-state index is 12.5. The van der Waals surface area contributed by atoms with Crippen LogP contribution in [0.3, 0.4) is 0 Å². The zero-order valence-corrected chi connectivity index (χ0v) is 17.0. The number of carbonyl (C=O) groups excluding carboxylic acids is 1. The fourth-order valence-corrected chi connectivity index (χ4v) is 4.16. The van der Waals surface area contributed by atoms with Crippen LogP contribution < -0.4 is 15.1 Å². The molecule has 2 aromatic rings. The summed E-state index contributed by atoms with van der Waals surface area (Å²) in [5, 5.41) is 3.04. The van der Waals surface area contributed by atoms with Crippen LogP contribution in [0.1, 0.15) is 42.6 Å². The van der Waals surface area contributed by atoms with E-state index in [0.717, 1.165) is 38.3 Å². The molecule has 29 heavy (non-hydrogen) atoms. The summed E-state index contributed by atoms with van der Waals surface area (Å²) in [6.45, 7) is 4.51. The van der Waals surface area contributed by atoms with Crippen molar-refractivity contribution in [1.29, 1.82) is 0 Å². The van der Waals surface area contributed by atoms with Gasteiger partial charge in [-0.1, -0.05) is 29.8 Å². The lowest BCUT2D eigenvalue weighted by Gasteiger charge is -2.37. The second-order valence-electron chi connectivity index (χ2n) is 7.82. The van der Waals surface area contributed by atoms with Crippen LogP contribution in [0.2, 0.25) is 0 Å². The minimum Gasteiger partial charge on any atom is -0.368 e. The number of aromatic nitrogens is 1. The van der Waals surface area contributed by atoms with Crippen LogP contribution in [0.15, 0.2) is 60.3 Å². The van der Waals surface area contributed by atoms with Crippen molar-refractivity contribution >= 4 is 17.3 Å². The number of hydrogen-bond donors (Lipinski definition) is 1. The Labute approximate surface area is 173 Å². The first-order chi connectivity index (χ1) is 14.3.